The molecule has 1 rings (SSSR count). The largest absolute Gasteiger partial charge is 0.391 e. The van der Waals surface area contributed by atoms with E-state index in [1.54, 1.807) is 13.0 Å². The van der Waals surface area contributed by atoms with Crippen molar-refractivity contribution < 1.29 is 14.3 Å². The van der Waals surface area contributed by atoms with Crippen LogP contribution in [0.4, 0.5) is 0 Å². The molecule has 1 aliphatic heterocycles. The van der Waals surface area contributed by atoms with Gasteiger partial charge in [0.15, 0.2) is 5.92 Å². The van der Waals surface area contributed by atoms with Gasteiger partial charge in [0.05, 0.1) is 0 Å². The normalized spacial score (nSPS) is 20.1. The molecule has 0 saturated carbocycles. The molecule has 1 heterocycles. The number of esters is 2. The van der Waals surface area contributed by atoms with Gasteiger partial charge in [-0.25, -0.2) is 0 Å². The summed E-state index contributed by atoms with van der Waals surface area (Å²) in [5.41, 5.74) is 0. The Labute approximate surface area is 52.3 Å². The number of carbonyl (C=O) groups excluding carboxylic acids is 2. The second-order valence-electron chi connectivity index (χ2n) is 1.74. The number of hydrogen-bond acceptors (Lipinski definition) is 3. The van der Waals surface area contributed by atoms with Gasteiger partial charge in [0.25, 0.3) is 0 Å². The molecule has 0 amide bonds. The highest BCUT2D eigenvalue weighted by Crippen LogP contribution is 2.15. The van der Waals surface area contributed by atoms with E-state index in [1.165, 1.54) is 6.08 Å². The third kappa shape index (κ3) is 0.850. The maximum atomic E-state index is 10.3. The maximum Gasteiger partial charge on any atom is 0.331 e. The zero-order valence-electron chi connectivity index (χ0n) is 4.96. The Hall–Kier alpha value is -1.12. The quantitative estimate of drug-likeness (QED) is 0.287. The van der Waals surface area contributed by atoms with Crippen LogP contribution in [-0.2, 0) is 14.3 Å². The standard InChI is InChI=1S/C6H6O3/c1-2-3-4-5(7)9-6(4)8/h2-4H,1H3/b3-2+. The summed E-state index contributed by atoms with van der Waals surface area (Å²) in [5.74, 6) is -1.51. The third-order valence-electron chi connectivity index (χ3n) is 1.09. The van der Waals surface area contributed by atoms with Gasteiger partial charge >= 0.3 is 11.9 Å². The fourth-order valence-electron chi connectivity index (χ4n) is 0.614. The Morgan fingerprint density at radius 1 is 1.44 bits per heavy atom. The van der Waals surface area contributed by atoms with Crippen LogP contribution in [0, 0.1) is 5.92 Å². The molecule has 0 bridgehead atoms. The van der Waals surface area contributed by atoms with Gasteiger partial charge in [-0.1, -0.05) is 12.2 Å². The van der Waals surface area contributed by atoms with Gasteiger partial charge in [-0.2, -0.15) is 0 Å². The number of carbonyl (C=O) groups is 2. The monoisotopic (exact) mass is 126 g/mol. The summed E-state index contributed by atoms with van der Waals surface area (Å²) in [6, 6.07) is 0. The van der Waals surface area contributed by atoms with Crippen molar-refractivity contribution in [3.05, 3.63) is 12.2 Å². The van der Waals surface area contributed by atoms with Gasteiger partial charge in [-0.15, -0.1) is 0 Å². The van der Waals surface area contributed by atoms with Crippen LogP contribution in [0.5, 0.6) is 0 Å². The zero-order valence-corrected chi connectivity index (χ0v) is 4.96. The van der Waals surface area contributed by atoms with Crippen LogP contribution in [0.3, 0.4) is 0 Å². The lowest BCUT2D eigenvalue weighted by molar-refractivity contribution is -0.180. The maximum absolute atomic E-state index is 10.3. The molecule has 0 aromatic rings. The fourth-order valence-corrected chi connectivity index (χ4v) is 0.614. The number of hydrogen-bond donors (Lipinski definition) is 0. The summed E-state index contributed by atoms with van der Waals surface area (Å²) in [6.07, 6.45) is 3.18. The van der Waals surface area contributed by atoms with Gasteiger partial charge in [0.1, 0.15) is 0 Å². The molecule has 0 N–H and O–H groups in total. The van der Waals surface area contributed by atoms with Crippen molar-refractivity contribution in [2.24, 2.45) is 5.92 Å². The minimum atomic E-state index is -0.616. The molecule has 3 heteroatoms. The van der Waals surface area contributed by atoms with Crippen LogP contribution in [0.1, 0.15) is 6.92 Å². The average Bonchev–Trinajstić information content (AvgIpc) is 1.84. The summed E-state index contributed by atoms with van der Waals surface area (Å²) in [7, 11) is 0. The lowest BCUT2D eigenvalue weighted by atomic mass is 10.1. The second-order valence-corrected chi connectivity index (χ2v) is 1.74. The lowest BCUT2D eigenvalue weighted by Crippen LogP contribution is -2.39. The van der Waals surface area contributed by atoms with E-state index in [1.807, 2.05) is 0 Å². The first-order chi connectivity index (χ1) is 4.25. The van der Waals surface area contributed by atoms with E-state index in [-0.39, 0.29) is 0 Å². The SMILES string of the molecule is C/C=C/C1C(=O)OC1=O. The molecule has 0 atom stereocenters. The van der Waals surface area contributed by atoms with Crippen LogP contribution < -0.4 is 0 Å². The molecule has 0 unspecified atom stereocenters. The van der Waals surface area contributed by atoms with E-state index in [4.69, 9.17) is 0 Å². The smallest absolute Gasteiger partial charge is 0.331 e. The summed E-state index contributed by atoms with van der Waals surface area (Å²) < 4.78 is 4.08. The van der Waals surface area contributed by atoms with E-state index in [9.17, 15) is 9.59 Å². The highest BCUT2D eigenvalue weighted by Gasteiger charge is 2.39. The Morgan fingerprint density at radius 3 is 2.22 bits per heavy atom. The average molecular weight is 126 g/mol. The topological polar surface area (TPSA) is 43.4 Å². The molecule has 9 heavy (non-hydrogen) atoms. The van der Waals surface area contributed by atoms with Gasteiger partial charge in [0.2, 0.25) is 0 Å². The van der Waals surface area contributed by atoms with E-state index in [2.05, 4.69) is 4.74 Å². The van der Waals surface area contributed by atoms with Crippen LogP contribution in [-0.4, -0.2) is 11.9 Å². The highest BCUT2D eigenvalue weighted by molar-refractivity contribution is 6.11. The molecular formula is C6H6O3. The molecular weight excluding hydrogens is 120 g/mol. The first-order valence-corrected chi connectivity index (χ1v) is 2.64. The second kappa shape index (κ2) is 2.01. The molecule has 0 aliphatic carbocycles. The summed E-state index contributed by atoms with van der Waals surface area (Å²) in [5, 5.41) is 0. The molecule has 3 nitrogen and oxygen atoms in total. The van der Waals surface area contributed by atoms with E-state index in [0.717, 1.165) is 0 Å². The Balaban J connectivity index is 2.59. The van der Waals surface area contributed by atoms with Crippen LogP contribution in [0.15, 0.2) is 12.2 Å². The van der Waals surface area contributed by atoms with E-state index >= 15 is 0 Å². The molecule has 1 saturated heterocycles. The van der Waals surface area contributed by atoms with Crippen molar-refractivity contribution >= 4 is 11.9 Å². The van der Waals surface area contributed by atoms with Crippen molar-refractivity contribution in [3.8, 4) is 0 Å². The lowest BCUT2D eigenvalue weighted by Gasteiger charge is -2.17. The number of allylic oxidation sites excluding steroid dienone is 1. The molecule has 48 valence electrons. The van der Waals surface area contributed by atoms with Crippen LogP contribution >= 0.6 is 0 Å². The minimum absolute atomic E-state index is 0.446. The Morgan fingerprint density at radius 2 is 2.00 bits per heavy atom. The van der Waals surface area contributed by atoms with Crippen molar-refractivity contribution in [2.45, 2.75) is 6.92 Å². The Kier molecular flexibility index (Phi) is 1.34. The van der Waals surface area contributed by atoms with Crippen LogP contribution in [0.25, 0.3) is 0 Å². The molecule has 0 aromatic heterocycles. The van der Waals surface area contributed by atoms with Crippen molar-refractivity contribution in [3.63, 3.8) is 0 Å². The highest BCUT2D eigenvalue weighted by atomic mass is 16.6. The first-order valence-electron chi connectivity index (χ1n) is 2.64. The molecule has 1 aliphatic rings. The van der Waals surface area contributed by atoms with Crippen LogP contribution in [0.2, 0.25) is 0 Å². The molecule has 0 aromatic carbocycles. The predicted octanol–water partition coefficient (Wildman–Crippen LogP) is 0.262. The number of rotatable bonds is 1. The van der Waals surface area contributed by atoms with Gasteiger partial charge in [-0.05, 0) is 6.92 Å². The van der Waals surface area contributed by atoms with Gasteiger partial charge in [-0.3, -0.25) is 9.59 Å². The first kappa shape index (κ1) is 6.01. The summed E-state index contributed by atoms with van der Waals surface area (Å²) in [6.45, 7) is 1.75. The molecule has 0 radical (unpaired) electrons. The van der Waals surface area contributed by atoms with E-state index in [0.29, 0.717) is 0 Å². The zero-order chi connectivity index (χ0) is 6.85. The number of cyclic esters (lactones) is 2. The van der Waals surface area contributed by atoms with Gasteiger partial charge in [0, 0.05) is 0 Å². The predicted molar refractivity (Wildman–Crippen MR) is 29.4 cm³/mol. The van der Waals surface area contributed by atoms with Crippen molar-refractivity contribution in [1.82, 2.24) is 0 Å². The van der Waals surface area contributed by atoms with E-state index < -0.39 is 17.9 Å². The van der Waals surface area contributed by atoms with Crippen molar-refractivity contribution in [1.29, 1.82) is 0 Å². The fraction of sp³-hybridized carbons (Fsp3) is 0.333. The third-order valence-corrected chi connectivity index (χ3v) is 1.09. The summed E-state index contributed by atoms with van der Waals surface area (Å²) in [4.78, 5) is 20.7. The Bertz CT molecular complexity index is 167. The minimum Gasteiger partial charge on any atom is -0.391 e. The number of ether oxygens (including phenoxy) is 1. The molecule has 1 fully saturated rings. The van der Waals surface area contributed by atoms with Crippen molar-refractivity contribution in [2.75, 3.05) is 0 Å². The van der Waals surface area contributed by atoms with Gasteiger partial charge < -0.3 is 4.74 Å². The molecule has 0 spiro atoms. The summed E-state index contributed by atoms with van der Waals surface area (Å²) >= 11 is 0.